The number of aryl methyl sites for hydroxylation is 2. The second kappa shape index (κ2) is 8.36. The van der Waals surface area contributed by atoms with Gasteiger partial charge in [-0.25, -0.2) is 18.4 Å². The van der Waals surface area contributed by atoms with Crippen molar-refractivity contribution < 1.29 is 36.6 Å². The summed E-state index contributed by atoms with van der Waals surface area (Å²) in [6.45, 7) is 3.21. The van der Waals surface area contributed by atoms with Crippen LogP contribution in [0.25, 0.3) is 0 Å². The number of carbonyl (C=O) groups is 2. The van der Waals surface area contributed by atoms with E-state index in [1.54, 1.807) is 13.8 Å². The SMILES string of the molecule is Cc1ccc(C(=O)Oc2ccc(OC(=O)c3ccc(C)cc3F)c(F)c2F)c(F)c1. The number of hydrogen-bond donors (Lipinski definition) is 0. The zero-order valence-electron chi connectivity index (χ0n) is 15.8. The molecule has 0 aromatic heterocycles. The van der Waals surface area contributed by atoms with Crippen molar-refractivity contribution in [1.82, 2.24) is 0 Å². The van der Waals surface area contributed by atoms with Crippen LogP contribution in [-0.2, 0) is 0 Å². The van der Waals surface area contributed by atoms with E-state index in [9.17, 15) is 27.2 Å². The highest BCUT2D eigenvalue weighted by atomic mass is 19.2. The van der Waals surface area contributed by atoms with Crippen LogP contribution in [0.3, 0.4) is 0 Å². The molecule has 0 heterocycles. The summed E-state index contributed by atoms with van der Waals surface area (Å²) in [5.74, 6) is -9.18. The molecule has 3 aromatic rings. The predicted octanol–water partition coefficient (Wildman–Crippen LogP) is 5.30. The van der Waals surface area contributed by atoms with Crippen LogP contribution in [-0.4, -0.2) is 11.9 Å². The van der Waals surface area contributed by atoms with Crippen molar-refractivity contribution >= 4 is 11.9 Å². The molecular formula is C22H14F4O4. The molecular weight excluding hydrogens is 404 g/mol. The third-order valence-corrected chi connectivity index (χ3v) is 4.11. The maximum absolute atomic E-state index is 14.3. The molecule has 0 amide bonds. The first kappa shape index (κ1) is 21.0. The zero-order valence-corrected chi connectivity index (χ0v) is 15.8. The standard InChI is InChI=1S/C22H14F4O4/c1-11-3-5-13(15(23)9-11)21(27)29-17-7-8-18(20(26)19(17)25)30-22(28)14-6-4-12(2)10-16(14)24/h3-10H,1-2H3. The van der Waals surface area contributed by atoms with Crippen LogP contribution < -0.4 is 9.47 Å². The first-order chi connectivity index (χ1) is 14.2. The van der Waals surface area contributed by atoms with Crippen LogP contribution >= 0.6 is 0 Å². The molecule has 0 unspecified atom stereocenters. The van der Waals surface area contributed by atoms with Gasteiger partial charge in [0.05, 0.1) is 11.1 Å². The van der Waals surface area contributed by atoms with E-state index in [0.717, 1.165) is 36.4 Å². The smallest absolute Gasteiger partial charge is 0.346 e. The quantitative estimate of drug-likeness (QED) is 0.328. The highest BCUT2D eigenvalue weighted by Gasteiger charge is 2.23. The minimum absolute atomic E-state index is 0.467. The molecule has 0 fully saturated rings. The molecule has 0 atom stereocenters. The maximum Gasteiger partial charge on any atom is 0.346 e. The molecule has 154 valence electrons. The average molecular weight is 418 g/mol. The predicted molar refractivity (Wildman–Crippen MR) is 98.5 cm³/mol. The summed E-state index contributed by atoms with van der Waals surface area (Å²) in [6, 6.07) is 9.02. The van der Waals surface area contributed by atoms with E-state index >= 15 is 0 Å². The van der Waals surface area contributed by atoms with Gasteiger partial charge >= 0.3 is 11.9 Å². The van der Waals surface area contributed by atoms with Crippen LogP contribution in [0, 0.1) is 37.1 Å². The van der Waals surface area contributed by atoms with Crippen molar-refractivity contribution in [1.29, 1.82) is 0 Å². The summed E-state index contributed by atoms with van der Waals surface area (Å²) in [5.41, 5.74) is 0.173. The Hall–Kier alpha value is -3.68. The molecule has 0 saturated carbocycles. The summed E-state index contributed by atoms with van der Waals surface area (Å²) in [5, 5.41) is 0. The number of rotatable bonds is 4. The van der Waals surface area contributed by atoms with Gasteiger partial charge in [0, 0.05) is 0 Å². The highest BCUT2D eigenvalue weighted by Crippen LogP contribution is 2.29. The molecule has 4 nitrogen and oxygen atoms in total. The topological polar surface area (TPSA) is 52.6 Å². The highest BCUT2D eigenvalue weighted by molar-refractivity contribution is 5.92. The summed E-state index contributed by atoms with van der Waals surface area (Å²) >= 11 is 0. The molecule has 8 heteroatoms. The van der Waals surface area contributed by atoms with Crippen LogP contribution in [0.5, 0.6) is 11.5 Å². The number of benzene rings is 3. The lowest BCUT2D eigenvalue weighted by molar-refractivity contribution is 0.0701. The molecule has 0 saturated heterocycles. The number of esters is 2. The molecule has 0 N–H and O–H groups in total. The normalized spacial score (nSPS) is 10.6. The number of hydrogen-bond acceptors (Lipinski definition) is 4. The molecule has 0 radical (unpaired) electrons. The molecule has 3 aromatic carbocycles. The minimum atomic E-state index is -1.63. The van der Waals surface area contributed by atoms with E-state index in [4.69, 9.17) is 9.47 Å². The van der Waals surface area contributed by atoms with Crippen molar-refractivity contribution in [2.24, 2.45) is 0 Å². The summed E-state index contributed by atoms with van der Waals surface area (Å²) in [6.07, 6.45) is 0. The van der Waals surface area contributed by atoms with Crippen LogP contribution in [0.4, 0.5) is 17.6 Å². The van der Waals surface area contributed by atoms with Gasteiger partial charge in [0.25, 0.3) is 0 Å². The van der Waals surface area contributed by atoms with Gasteiger partial charge < -0.3 is 9.47 Å². The lowest BCUT2D eigenvalue weighted by atomic mass is 10.1. The summed E-state index contributed by atoms with van der Waals surface area (Å²) in [4.78, 5) is 24.1. The van der Waals surface area contributed by atoms with Crippen molar-refractivity contribution in [2.75, 3.05) is 0 Å². The van der Waals surface area contributed by atoms with E-state index in [1.807, 2.05) is 0 Å². The second-order valence-corrected chi connectivity index (χ2v) is 6.44. The molecule has 0 spiro atoms. The fraction of sp³-hybridized carbons (Fsp3) is 0.0909. The van der Waals surface area contributed by atoms with Crippen LogP contribution in [0.1, 0.15) is 31.8 Å². The Kier molecular flexibility index (Phi) is 5.86. The van der Waals surface area contributed by atoms with Gasteiger partial charge in [0.1, 0.15) is 11.6 Å². The molecule has 0 bridgehead atoms. The van der Waals surface area contributed by atoms with Gasteiger partial charge in [0.15, 0.2) is 11.5 Å². The largest absolute Gasteiger partial charge is 0.420 e. The third kappa shape index (κ3) is 4.32. The number of halogens is 4. The van der Waals surface area contributed by atoms with Gasteiger partial charge in [-0.2, -0.15) is 8.78 Å². The Balaban J connectivity index is 1.81. The molecule has 0 aliphatic heterocycles. The van der Waals surface area contributed by atoms with E-state index < -0.39 is 57.8 Å². The minimum Gasteiger partial charge on any atom is -0.420 e. The Morgan fingerprint density at radius 2 is 1.00 bits per heavy atom. The van der Waals surface area contributed by atoms with Gasteiger partial charge in [-0.1, -0.05) is 12.1 Å². The Labute approximate surface area is 168 Å². The fourth-order valence-electron chi connectivity index (χ4n) is 2.55. The number of carbonyl (C=O) groups excluding carboxylic acids is 2. The molecule has 3 rings (SSSR count). The Morgan fingerprint density at radius 1 is 0.633 bits per heavy atom. The molecule has 30 heavy (non-hydrogen) atoms. The van der Waals surface area contributed by atoms with Crippen molar-refractivity contribution in [3.63, 3.8) is 0 Å². The van der Waals surface area contributed by atoms with Gasteiger partial charge in [-0.15, -0.1) is 0 Å². The van der Waals surface area contributed by atoms with Crippen LogP contribution in [0.15, 0.2) is 48.5 Å². The zero-order chi connectivity index (χ0) is 22.0. The summed E-state index contributed by atoms with van der Waals surface area (Å²) in [7, 11) is 0. The van der Waals surface area contributed by atoms with Crippen molar-refractivity contribution in [3.05, 3.63) is 94.1 Å². The lowest BCUT2D eigenvalue weighted by Crippen LogP contribution is -2.14. The van der Waals surface area contributed by atoms with Crippen molar-refractivity contribution in [3.8, 4) is 11.5 Å². The van der Waals surface area contributed by atoms with Crippen molar-refractivity contribution in [2.45, 2.75) is 13.8 Å². The lowest BCUT2D eigenvalue weighted by Gasteiger charge is -2.10. The van der Waals surface area contributed by atoms with Gasteiger partial charge in [-0.3, -0.25) is 0 Å². The fourth-order valence-corrected chi connectivity index (χ4v) is 2.55. The van der Waals surface area contributed by atoms with Gasteiger partial charge in [0.2, 0.25) is 11.6 Å². The first-order valence-corrected chi connectivity index (χ1v) is 8.62. The average Bonchev–Trinajstić information content (AvgIpc) is 2.67. The molecule has 0 aliphatic rings. The Bertz CT molecular complexity index is 1070. The monoisotopic (exact) mass is 418 g/mol. The van der Waals surface area contributed by atoms with E-state index in [1.165, 1.54) is 12.1 Å². The second-order valence-electron chi connectivity index (χ2n) is 6.44. The first-order valence-electron chi connectivity index (χ1n) is 8.62. The Morgan fingerprint density at radius 3 is 1.33 bits per heavy atom. The summed E-state index contributed by atoms with van der Waals surface area (Å²) < 4.78 is 65.7. The van der Waals surface area contributed by atoms with Crippen LogP contribution in [0.2, 0.25) is 0 Å². The van der Waals surface area contributed by atoms with Gasteiger partial charge in [-0.05, 0) is 61.4 Å². The van der Waals surface area contributed by atoms with E-state index in [-0.39, 0.29) is 0 Å². The maximum atomic E-state index is 14.3. The third-order valence-electron chi connectivity index (χ3n) is 4.11. The number of ether oxygens (including phenoxy) is 2. The molecule has 0 aliphatic carbocycles. The van der Waals surface area contributed by atoms with E-state index in [0.29, 0.717) is 11.1 Å². The van der Waals surface area contributed by atoms with E-state index in [2.05, 4.69) is 0 Å².